The van der Waals surface area contributed by atoms with Gasteiger partial charge in [0, 0.05) is 48.8 Å². The molecule has 156 valence electrons. The summed E-state index contributed by atoms with van der Waals surface area (Å²) < 4.78 is 0. The Morgan fingerprint density at radius 2 is 1.63 bits per heavy atom. The number of Topliss-reactive ketones (excluding diaryl/α,β-unsaturated/α-hetero) is 1. The van der Waals surface area contributed by atoms with Crippen molar-refractivity contribution in [3.05, 3.63) is 64.7 Å². The van der Waals surface area contributed by atoms with Crippen molar-refractivity contribution in [3.63, 3.8) is 0 Å². The molecule has 1 saturated heterocycles. The van der Waals surface area contributed by atoms with Gasteiger partial charge in [0.25, 0.3) is 5.91 Å². The summed E-state index contributed by atoms with van der Waals surface area (Å²) in [5.41, 5.74) is 5.87. The fourth-order valence-corrected chi connectivity index (χ4v) is 4.37. The van der Waals surface area contributed by atoms with Crippen molar-refractivity contribution in [2.24, 2.45) is 11.0 Å². The number of anilines is 1. The van der Waals surface area contributed by atoms with Crippen molar-refractivity contribution in [1.29, 1.82) is 0 Å². The maximum atomic E-state index is 12.9. The number of piperidine rings is 1. The van der Waals surface area contributed by atoms with Crippen LogP contribution >= 0.6 is 0 Å². The van der Waals surface area contributed by atoms with Crippen molar-refractivity contribution in [2.75, 3.05) is 24.6 Å². The SMILES string of the molecule is CC1=NN(c2ccc(C(=O)N3CCC(C(=O)c4ccc(C)cc4C)CC3)cc2)CC1. The zero-order valence-electron chi connectivity index (χ0n) is 18.0. The highest BCUT2D eigenvalue weighted by molar-refractivity contribution is 5.99. The van der Waals surface area contributed by atoms with E-state index >= 15 is 0 Å². The molecule has 5 heteroatoms. The minimum absolute atomic E-state index is 0.00546. The van der Waals surface area contributed by atoms with Gasteiger partial charge >= 0.3 is 0 Å². The average molecular weight is 404 g/mol. The minimum atomic E-state index is -0.00546. The van der Waals surface area contributed by atoms with Gasteiger partial charge in [-0.15, -0.1) is 0 Å². The maximum absolute atomic E-state index is 12.9. The summed E-state index contributed by atoms with van der Waals surface area (Å²) in [5, 5.41) is 6.49. The molecule has 30 heavy (non-hydrogen) atoms. The topological polar surface area (TPSA) is 53.0 Å². The summed E-state index contributed by atoms with van der Waals surface area (Å²) in [6, 6.07) is 13.7. The molecular weight excluding hydrogens is 374 g/mol. The van der Waals surface area contributed by atoms with Crippen LogP contribution in [0, 0.1) is 19.8 Å². The quantitative estimate of drug-likeness (QED) is 0.700. The van der Waals surface area contributed by atoms with Gasteiger partial charge in [-0.05, 0) is 63.4 Å². The second-order valence-corrected chi connectivity index (χ2v) is 8.50. The van der Waals surface area contributed by atoms with Crippen LogP contribution in [-0.4, -0.2) is 41.9 Å². The number of aryl methyl sites for hydroxylation is 2. The van der Waals surface area contributed by atoms with Crippen LogP contribution in [0.5, 0.6) is 0 Å². The average Bonchev–Trinajstić information content (AvgIpc) is 3.19. The Morgan fingerprint density at radius 3 is 2.23 bits per heavy atom. The van der Waals surface area contributed by atoms with Crippen LogP contribution in [0.3, 0.4) is 0 Å². The first-order valence-corrected chi connectivity index (χ1v) is 10.7. The fraction of sp³-hybridized carbons (Fsp3) is 0.400. The number of rotatable bonds is 4. The molecule has 0 spiro atoms. The van der Waals surface area contributed by atoms with Gasteiger partial charge in [0.15, 0.2) is 5.78 Å². The van der Waals surface area contributed by atoms with Crippen molar-refractivity contribution in [3.8, 4) is 0 Å². The molecule has 0 unspecified atom stereocenters. The van der Waals surface area contributed by atoms with E-state index in [0.717, 1.165) is 48.3 Å². The smallest absolute Gasteiger partial charge is 0.253 e. The highest BCUT2D eigenvalue weighted by Gasteiger charge is 2.29. The number of benzene rings is 2. The van der Waals surface area contributed by atoms with Gasteiger partial charge in [0.05, 0.1) is 5.69 Å². The van der Waals surface area contributed by atoms with E-state index in [0.29, 0.717) is 18.7 Å². The first-order chi connectivity index (χ1) is 14.4. The third-order valence-corrected chi connectivity index (χ3v) is 6.19. The molecule has 2 aromatic rings. The predicted octanol–water partition coefficient (Wildman–Crippen LogP) is 4.62. The molecule has 0 bridgehead atoms. The van der Waals surface area contributed by atoms with Crippen LogP contribution < -0.4 is 5.01 Å². The molecule has 1 fully saturated rings. The fourth-order valence-electron chi connectivity index (χ4n) is 4.37. The number of hydrogen-bond acceptors (Lipinski definition) is 4. The number of amides is 1. The summed E-state index contributed by atoms with van der Waals surface area (Å²) in [4.78, 5) is 27.7. The van der Waals surface area contributed by atoms with Crippen LogP contribution in [0.1, 0.15) is 58.0 Å². The van der Waals surface area contributed by atoms with E-state index in [1.807, 2.05) is 67.1 Å². The monoisotopic (exact) mass is 403 g/mol. The third-order valence-electron chi connectivity index (χ3n) is 6.19. The number of hydrogen-bond donors (Lipinski definition) is 0. The highest BCUT2D eigenvalue weighted by atomic mass is 16.2. The van der Waals surface area contributed by atoms with Crippen LogP contribution in [0.2, 0.25) is 0 Å². The Kier molecular flexibility index (Phi) is 5.71. The molecule has 0 saturated carbocycles. The Balaban J connectivity index is 1.36. The van der Waals surface area contributed by atoms with E-state index in [4.69, 9.17) is 0 Å². The molecule has 5 nitrogen and oxygen atoms in total. The molecule has 0 atom stereocenters. The van der Waals surface area contributed by atoms with Gasteiger partial charge in [-0.2, -0.15) is 5.10 Å². The number of likely N-dealkylation sites (tertiary alicyclic amines) is 1. The summed E-state index contributed by atoms with van der Waals surface area (Å²) in [6.45, 7) is 8.21. The van der Waals surface area contributed by atoms with Gasteiger partial charge in [-0.25, -0.2) is 0 Å². The molecule has 1 amide bonds. The lowest BCUT2D eigenvalue weighted by Gasteiger charge is -2.31. The van der Waals surface area contributed by atoms with Gasteiger partial charge in [-0.1, -0.05) is 23.8 Å². The molecule has 4 rings (SSSR count). The Morgan fingerprint density at radius 1 is 0.933 bits per heavy atom. The lowest BCUT2D eigenvalue weighted by molar-refractivity contribution is 0.0650. The highest BCUT2D eigenvalue weighted by Crippen LogP contribution is 2.26. The van der Waals surface area contributed by atoms with Crippen LogP contribution in [-0.2, 0) is 0 Å². The van der Waals surface area contributed by atoms with Crippen LogP contribution in [0.15, 0.2) is 47.6 Å². The van der Waals surface area contributed by atoms with Crippen molar-refractivity contribution < 1.29 is 9.59 Å². The zero-order chi connectivity index (χ0) is 21.3. The number of carbonyl (C=O) groups excluding carboxylic acids is 2. The Hall–Kier alpha value is -2.95. The molecule has 0 radical (unpaired) electrons. The van der Waals surface area contributed by atoms with Gasteiger partial charge in [0.1, 0.15) is 0 Å². The summed E-state index contributed by atoms with van der Waals surface area (Å²) in [6.07, 6.45) is 2.42. The second kappa shape index (κ2) is 8.42. The first kappa shape index (κ1) is 20.3. The van der Waals surface area contributed by atoms with E-state index in [2.05, 4.69) is 11.2 Å². The van der Waals surface area contributed by atoms with Crippen molar-refractivity contribution in [2.45, 2.75) is 40.0 Å². The Bertz CT molecular complexity index is 986. The molecule has 2 aromatic carbocycles. The molecule has 0 aromatic heterocycles. The normalized spacial score (nSPS) is 17.2. The van der Waals surface area contributed by atoms with E-state index in [-0.39, 0.29) is 17.6 Å². The Labute approximate surface area is 178 Å². The molecular formula is C25H29N3O2. The van der Waals surface area contributed by atoms with E-state index in [9.17, 15) is 9.59 Å². The van der Waals surface area contributed by atoms with Crippen LogP contribution in [0.4, 0.5) is 5.69 Å². The largest absolute Gasteiger partial charge is 0.339 e. The van der Waals surface area contributed by atoms with Crippen molar-refractivity contribution in [1.82, 2.24) is 4.90 Å². The second-order valence-electron chi connectivity index (χ2n) is 8.50. The van der Waals surface area contributed by atoms with E-state index in [1.165, 1.54) is 5.56 Å². The van der Waals surface area contributed by atoms with E-state index < -0.39 is 0 Å². The molecule has 0 aliphatic carbocycles. The minimum Gasteiger partial charge on any atom is -0.339 e. The standard InChI is InChI=1S/C25H29N3O2/c1-17-4-9-23(18(2)16-17)24(29)20-11-13-27(14-12-20)25(30)21-5-7-22(8-6-21)28-15-10-19(3)26-28/h4-9,16,20H,10-15H2,1-3H3. The maximum Gasteiger partial charge on any atom is 0.253 e. The zero-order valence-corrected chi connectivity index (χ0v) is 18.0. The molecule has 2 aliphatic rings. The predicted molar refractivity (Wildman–Crippen MR) is 120 cm³/mol. The molecule has 2 aliphatic heterocycles. The number of nitrogens with zero attached hydrogens (tertiary/aromatic N) is 3. The lowest BCUT2D eigenvalue weighted by atomic mass is 9.87. The van der Waals surface area contributed by atoms with E-state index in [1.54, 1.807) is 0 Å². The molecule has 2 heterocycles. The summed E-state index contributed by atoms with van der Waals surface area (Å²) in [7, 11) is 0. The van der Waals surface area contributed by atoms with Crippen LogP contribution in [0.25, 0.3) is 0 Å². The summed E-state index contributed by atoms with van der Waals surface area (Å²) >= 11 is 0. The number of carbonyl (C=O) groups is 2. The lowest BCUT2D eigenvalue weighted by Crippen LogP contribution is -2.40. The first-order valence-electron chi connectivity index (χ1n) is 10.7. The van der Waals surface area contributed by atoms with Gasteiger partial charge in [0.2, 0.25) is 0 Å². The molecule has 0 N–H and O–H groups in total. The van der Waals surface area contributed by atoms with Gasteiger partial charge < -0.3 is 4.90 Å². The summed E-state index contributed by atoms with van der Waals surface area (Å²) in [5.74, 6) is 0.250. The van der Waals surface area contributed by atoms with Crippen molar-refractivity contribution >= 4 is 23.1 Å². The number of ketones is 1. The third kappa shape index (κ3) is 4.16. The van der Waals surface area contributed by atoms with Gasteiger partial charge in [-0.3, -0.25) is 14.6 Å². The number of hydrazone groups is 1.